The number of hydrogen-bond acceptors (Lipinski definition) is 5. The van der Waals surface area contributed by atoms with Gasteiger partial charge in [0.05, 0.1) is 17.6 Å². The number of aliphatic hydroxyl groups is 1. The largest absolute Gasteiger partial charge is 0.484 e. The van der Waals surface area contributed by atoms with Crippen LogP contribution < -0.4 is 4.74 Å². The SMILES string of the molecule is C[C@@H](Oc1cc(-n2cnc3ccc(CO)cc32)sc1C=O)c1ccccc1Cl. The molecule has 4 rings (SSSR count). The Morgan fingerprint density at radius 2 is 2.11 bits per heavy atom. The van der Waals surface area contributed by atoms with Crippen molar-refractivity contribution in [1.82, 2.24) is 9.55 Å². The Hall–Kier alpha value is -2.67. The first-order valence-electron chi connectivity index (χ1n) is 8.68. The molecule has 5 nitrogen and oxygen atoms in total. The maximum atomic E-state index is 11.6. The standard InChI is InChI=1S/C21H17ClN2O3S/c1-13(15-4-2-3-5-16(15)22)27-19-9-21(28-20(19)11-26)24-12-23-17-7-6-14(10-25)8-18(17)24/h2-9,11-13,25H,10H2,1H3/t13-/m1/s1. The zero-order chi connectivity index (χ0) is 19.7. The van der Waals surface area contributed by atoms with Gasteiger partial charge in [0, 0.05) is 16.7 Å². The number of ether oxygens (including phenoxy) is 1. The van der Waals surface area contributed by atoms with Gasteiger partial charge in [0.2, 0.25) is 0 Å². The molecule has 0 spiro atoms. The Morgan fingerprint density at radius 3 is 2.86 bits per heavy atom. The summed E-state index contributed by atoms with van der Waals surface area (Å²) in [5, 5.41) is 10.8. The molecular weight excluding hydrogens is 396 g/mol. The van der Waals surface area contributed by atoms with Gasteiger partial charge < -0.3 is 9.84 Å². The highest BCUT2D eigenvalue weighted by atomic mass is 35.5. The van der Waals surface area contributed by atoms with E-state index in [2.05, 4.69) is 4.98 Å². The highest BCUT2D eigenvalue weighted by Crippen LogP contribution is 2.36. The maximum absolute atomic E-state index is 11.6. The second kappa shape index (κ2) is 7.75. The fraction of sp³-hybridized carbons (Fsp3) is 0.143. The molecule has 0 aliphatic carbocycles. The first-order chi connectivity index (χ1) is 13.6. The number of hydrogen-bond donors (Lipinski definition) is 1. The minimum atomic E-state index is -0.310. The van der Waals surface area contributed by atoms with Crippen molar-refractivity contribution in [3.05, 3.63) is 75.9 Å². The first-order valence-corrected chi connectivity index (χ1v) is 9.87. The number of thiophene rings is 1. The number of aromatic nitrogens is 2. The molecule has 0 radical (unpaired) electrons. The van der Waals surface area contributed by atoms with Crippen molar-refractivity contribution in [3.8, 4) is 10.8 Å². The topological polar surface area (TPSA) is 64.3 Å². The smallest absolute Gasteiger partial charge is 0.163 e. The number of carbonyl (C=O) groups is 1. The van der Waals surface area contributed by atoms with Gasteiger partial charge >= 0.3 is 0 Å². The second-order valence-corrected chi connectivity index (χ2v) is 7.78. The molecule has 0 unspecified atom stereocenters. The number of rotatable bonds is 6. The summed E-state index contributed by atoms with van der Waals surface area (Å²) in [4.78, 5) is 16.5. The lowest BCUT2D eigenvalue weighted by atomic mass is 10.1. The number of halogens is 1. The molecule has 0 aliphatic rings. The molecule has 1 N–H and O–H groups in total. The van der Waals surface area contributed by atoms with E-state index in [-0.39, 0.29) is 12.7 Å². The average Bonchev–Trinajstić information content (AvgIpc) is 3.31. The number of benzene rings is 2. The summed E-state index contributed by atoms with van der Waals surface area (Å²) in [6.45, 7) is 1.85. The highest BCUT2D eigenvalue weighted by Gasteiger charge is 2.18. The quantitative estimate of drug-likeness (QED) is 0.443. The molecule has 0 bridgehead atoms. The Balaban J connectivity index is 1.71. The maximum Gasteiger partial charge on any atom is 0.163 e. The molecule has 4 aromatic rings. The van der Waals surface area contributed by atoms with E-state index in [1.54, 1.807) is 6.33 Å². The lowest BCUT2D eigenvalue weighted by molar-refractivity contribution is 0.112. The number of aldehydes is 1. The Kier molecular flexibility index (Phi) is 5.17. The molecule has 0 aliphatic heterocycles. The molecule has 2 heterocycles. The van der Waals surface area contributed by atoms with Gasteiger partial charge in [0.15, 0.2) is 6.29 Å². The van der Waals surface area contributed by atoms with Crippen LogP contribution in [0.4, 0.5) is 0 Å². The van der Waals surface area contributed by atoms with Gasteiger partial charge in [-0.3, -0.25) is 9.36 Å². The van der Waals surface area contributed by atoms with E-state index >= 15 is 0 Å². The van der Waals surface area contributed by atoms with Crippen molar-refractivity contribution in [2.45, 2.75) is 19.6 Å². The van der Waals surface area contributed by atoms with Crippen molar-refractivity contribution in [1.29, 1.82) is 0 Å². The molecule has 0 amide bonds. The number of carbonyl (C=O) groups excluding carboxylic acids is 1. The van der Waals surface area contributed by atoms with Crippen LogP contribution in [0.25, 0.3) is 16.0 Å². The molecule has 2 aromatic heterocycles. The van der Waals surface area contributed by atoms with Crippen LogP contribution in [0.15, 0.2) is 54.9 Å². The van der Waals surface area contributed by atoms with Crippen LogP contribution in [0.3, 0.4) is 0 Å². The van der Waals surface area contributed by atoms with Crippen molar-refractivity contribution in [2.24, 2.45) is 0 Å². The molecule has 0 saturated heterocycles. The van der Waals surface area contributed by atoms with E-state index in [0.717, 1.165) is 33.4 Å². The van der Waals surface area contributed by atoms with Gasteiger partial charge in [-0.25, -0.2) is 4.98 Å². The minimum absolute atomic E-state index is 0.0468. The zero-order valence-corrected chi connectivity index (χ0v) is 16.6. The van der Waals surface area contributed by atoms with E-state index in [4.69, 9.17) is 16.3 Å². The number of imidazole rings is 1. The van der Waals surface area contributed by atoms with Crippen LogP contribution in [0.5, 0.6) is 5.75 Å². The molecule has 0 saturated carbocycles. The van der Waals surface area contributed by atoms with E-state index in [0.29, 0.717) is 15.6 Å². The number of aliphatic hydroxyl groups excluding tert-OH is 1. The summed E-state index contributed by atoms with van der Waals surface area (Å²) in [5.74, 6) is 0.502. The van der Waals surface area contributed by atoms with Crippen molar-refractivity contribution < 1.29 is 14.6 Å². The van der Waals surface area contributed by atoms with E-state index in [1.165, 1.54) is 11.3 Å². The summed E-state index contributed by atoms with van der Waals surface area (Å²) < 4.78 is 7.95. The third-order valence-corrected chi connectivity index (χ3v) is 5.88. The Bertz CT molecular complexity index is 1150. The fourth-order valence-electron chi connectivity index (χ4n) is 3.05. The van der Waals surface area contributed by atoms with Gasteiger partial charge in [-0.1, -0.05) is 35.9 Å². The lowest BCUT2D eigenvalue weighted by Gasteiger charge is -2.15. The molecule has 28 heavy (non-hydrogen) atoms. The molecular formula is C21H17ClN2O3S. The van der Waals surface area contributed by atoms with Gasteiger partial charge in [-0.2, -0.15) is 0 Å². The predicted octanol–water partition coefficient (Wildman–Crippen LogP) is 5.19. The van der Waals surface area contributed by atoms with E-state index < -0.39 is 0 Å². The minimum Gasteiger partial charge on any atom is -0.484 e. The van der Waals surface area contributed by atoms with Crippen molar-refractivity contribution >= 4 is 40.3 Å². The number of nitrogens with zero attached hydrogens (tertiary/aromatic N) is 2. The van der Waals surface area contributed by atoms with Crippen molar-refractivity contribution in [3.63, 3.8) is 0 Å². The molecule has 0 fully saturated rings. The van der Waals surface area contributed by atoms with E-state index in [1.807, 2.05) is 60.0 Å². The number of fused-ring (bicyclic) bond motifs is 1. The van der Waals surface area contributed by atoms with Gasteiger partial charge in [-0.15, -0.1) is 11.3 Å². The van der Waals surface area contributed by atoms with Crippen LogP contribution in [0.1, 0.15) is 33.8 Å². The molecule has 1 atom stereocenters. The van der Waals surface area contributed by atoms with Gasteiger partial charge in [0.1, 0.15) is 28.1 Å². The van der Waals surface area contributed by atoms with Crippen molar-refractivity contribution in [2.75, 3.05) is 0 Å². The lowest BCUT2D eigenvalue weighted by Crippen LogP contribution is -2.04. The second-order valence-electron chi connectivity index (χ2n) is 6.31. The first kappa shape index (κ1) is 18.7. The van der Waals surface area contributed by atoms with Crippen LogP contribution in [-0.4, -0.2) is 20.9 Å². The summed E-state index contributed by atoms with van der Waals surface area (Å²) in [7, 11) is 0. The third-order valence-electron chi connectivity index (χ3n) is 4.50. The summed E-state index contributed by atoms with van der Waals surface area (Å²) in [6, 6.07) is 14.9. The fourth-order valence-corrected chi connectivity index (χ4v) is 4.23. The van der Waals surface area contributed by atoms with Crippen LogP contribution in [0.2, 0.25) is 5.02 Å². The van der Waals surface area contributed by atoms with E-state index in [9.17, 15) is 9.90 Å². The molecule has 7 heteroatoms. The summed E-state index contributed by atoms with van der Waals surface area (Å²) >= 11 is 7.58. The van der Waals surface area contributed by atoms with Gasteiger partial charge in [0.25, 0.3) is 0 Å². The normalized spacial score (nSPS) is 12.2. The van der Waals surface area contributed by atoms with Crippen LogP contribution in [-0.2, 0) is 6.61 Å². The monoisotopic (exact) mass is 412 g/mol. The summed E-state index contributed by atoms with van der Waals surface area (Å²) in [5.41, 5.74) is 3.32. The average molecular weight is 413 g/mol. The predicted molar refractivity (Wildman–Crippen MR) is 111 cm³/mol. The Morgan fingerprint density at radius 1 is 1.29 bits per heavy atom. The molecule has 2 aromatic carbocycles. The van der Waals surface area contributed by atoms with Crippen LogP contribution in [0, 0.1) is 0 Å². The highest BCUT2D eigenvalue weighted by molar-refractivity contribution is 7.16. The van der Waals surface area contributed by atoms with Gasteiger partial charge in [-0.05, 0) is 30.7 Å². The van der Waals surface area contributed by atoms with Crippen LogP contribution >= 0.6 is 22.9 Å². The third kappa shape index (κ3) is 3.42. The summed E-state index contributed by atoms with van der Waals surface area (Å²) in [6.07, 6.45) is 2.18. The Labute approximate surface area is 170 Å². The molecule has 142 valence electrons. The zero-order valence-electron chi connectivity index (χ0n) is 15.0.